The summed E-state index contributed by atoms with van der Waals surface area (Å²) in [7, 11) is -2.02. The van der Waals surface area contributed by atoms with E-state index in [1.165, 1.54) is 18.6 Å². The van der Waals surface area contributed by atoms with E-state index < -0.39 is 10.0 Å². The van der Waals surface area contributed by atoms with Crippen molar-refractivity contribution in [2.45, 2.75) is 11.8 Å². The number of nitrogens with zero attached hydrogens (tertiary/aromatic N) is 2. The van der Waals surface area contributed by atoms with Gasteiger partial charge in [-0.3, -0.25) is 14.7 Å². The van der Waals surface area contributed by atoms with Crippen molar-refractivity contribution < 1.29 is 8.42 Å². The number of anilines is 2. The largest absolute Gasteiger partial charge is 0.387 e. The van der Waals surface area contributed by atoms with Crippen LogP contribution in [0.4, 0.5) is 11.4 Å². The summed E-state index contributed by atoms with van der Waals surface area (Å²) in [6.45, 7) is 1.78. The van der Waals surface area contributed by atoms with Crippen LogP contribution in [0.3, 0.4) is 0 Å². The minimum absolute atomic E-state index is 0.105. The van der Waals surface area contributed by atoms with E-state index in [1.807, 2.05) is 0 Å². The van der Waals surface area contributed by atoms with Gasteiger partial charge < -0.3 is 5.32 Å². The van der Waals surface area contributed by atoms with Gasteiger partial charge in [0.15, 0.2) is 0 Å². The summed E-state index contributed by atoms with van der Waals surface area (Å²) < 4.78 is 27.2. The van der Waals surface area contributed by atoms with Gasteiger partial charge >= 0.3 is 0 Å². The predicted octanol–water partition coefficient (Wildman–Crippen LogP) is 1.63. The summed E-state index contributed by atoms with van der Waals surface area (Å²) in [5.41, 5.74) is 1.75. The number of rotatable bonds is 4. The molecule has 6 nitrogen and oxygen atoms in total. The van der Waals surface area contributed by atoms with Gasteiger partial charge in [-0.25, -0.2) is 8.42 Å². The molecule has 0 saturated carbocycles. The van der Waals surface area contributed by atoms with Crippen molar-refractivity contribution in [1.29, 1.82) is 0 Å². The maximum absolute atomic E-state index is 12.3. The summed E-state index contributed by atoms with van der Waals surface area (Å²) >= 11 is 0. The number of nitrogens with one attached hydrogen (secondary N) is 2. The van der Waals surface area contributed by atoms with E-state index in [-0.39, 0.29) is 4.90 Å². The molecule has 2 rings (SSSR count). The van der Waals surface area contributed by atoms with Gasteiger partial charge in [0.2, 0.25) is 0 Å². The Morgan fingerprint density at radius 1 is 1.05 bits per heavy atom. The van der Waals surface area contributed by atoms with Crippen molar-refractivity contribution in [3.05, 3.63) is 42.5 Å². The highest BCUT2D eigenvalue weighted by Gasteiger charge is 2.19. The van der Waals surface area contributed by atoms with E-state index in [0.717, 1.165) is 5.56 Å². The molecule has 2 aromatic rings. The van der Waals surface area contributed by atoms with E-state index in [2.05, 4.69) is 20.0 Å². The minimum atomic E-state index is -3.68. The smallest absolute Gasteiger partial charge is 0.265 e. The van der Waals surface area contributed by atoms with Crippen LogP contribution >= 0.6 is 0 Å². The van der Waals surface area contributed by atoms with E-state index in [0.29, 0.717) is 11.4 Å². The maximum Gasteiger partial charge on any atom is 0.265 e. The number of sulfonamides is 1. The molecule has 0 aliphatic heterocycles. The van der Waals surface area contributed by atoms with Crippen molar-refractivity contribution >= 4 is 21.4 Å². The molecule has 0 radical (unpaired) electrons. The highest BCUT2D eigenvalue weighted by atomic mass is 32.2. The second-order valence-electron chi connectivity index (χ2n) is 3.92. The number of aryl methyl sites for hydroxylation is 1. The van der Waals surface area contributed by atoms with Crippen molar-refractivity contribution in [2.75, 3.05) is 17.1 Å². The molecule has 0 atom stereocenters. The molecule has 0 spiro atoms. The first-order valence-corrected chi connectivity index (χ1v) is 7.08. The molecule has 0 bridgehead atoms. The average Bonchev–Trinajstić information content (AvgIpc) is 2.41. The molecule has 2 aromatic heterocycles. The summed E-state index contributed by atoms with van der Waals surface area (Å²) in [6, 6.07) is 3.22. The molecule has 2 heterocycles. The minimum Gasteiger partial charge on any atom is -0.387 e. The van der Waals surface area contributed by atoms with Crippen molar-refractivity contribution in [3.8, 4) is 0 Å². The third-order valence-electron chi connectivity index (χ3n) is 2.61. The van der Waals surface area contributed by atoms with Crippen molar-refractivity contribution in [3.63, 3.8) is 0 Å². The Kier molecular flexibility index (Phi) is 3.66. The number of aromatic nitrogens is 2. The fourth-order valence-electron chi connectivity index (χ4n) is 1.59. The zero-order valence-electron chi connectivity index (χ0n) is 10.6. The molecule has 0 aromatic carbocycles. The predicted molar refractivity (Wildman–Crippen MR) is 73.6 cm³/mol. The topological polar surface area (TPSA) is 84.0 Å². The molecule has 0 aliphatic carbocycles. The SMILES string of the molecule is CNc1ccncc1S(=O)(=O)Nc1ccncc1C. The van der Waals surface area contributed by atoms with E-state index in [1.54, 1.807) is 32.3 Å². The van der Waals surface area contributed by atoms with Crippen LogP contribution in [0.15, 0.2) is 41.8 Å². The second-order valence-corrected chi connectivity index (χ2v) is 5.57. The summed E-state index contributed by atoms with van der Waals surface area (Å²) in [5.74, 6) is 0. The van der Waals surface area contributed by atoms with Crippen LogP contribution in [0.25, 0.3) is 0 Å². The monoisotopic (exact) mass is 278 g/mol. The Hall–Kier alpha value is -2.15. The quantitative estimate of drug-likeness (QED) is 0.888. The third kappa shape index (κ3) is 2.82. The van der Waals surface area contributed by atoms with Crippen LogP contribution in [0.5, 0.6) is 0 Å². The number of hydrogen-bond donors (Lipinski definition) is 2. The van der Waals surface area contributed by atoms with Crippen LogP contribution in [-0.2, 0) is 10.0 Å². The Morgan fingerprint density at radius 2 is 1.68 bits per heavy atom. The summed E-state index contributed by atoms with van der Waals surface area (Å²) in [6.07, 6.45) is 5.97. The lowest BCUT2D eigenvalue weighted by Gasteiger charge is -2.12. The zero-order valence-corrected chi connectivity index (χ0v) is 11.4. The zero-order chi connectivity index (χ0) is 13.9. The molecule has 0 amide bonds. The third-order valence-corrected chi connectivity index (χ3v) is 4.00. The molecule has 7 heteroatoms. The van der Waals surface area contributed by atoms with Crippen LogP contribution in [-0.4, -0.2) is 25.4 Å². The van der Waals surface area contributed by atoms with Crippen molar-refractivity contribution in [2.24, 2.45) is 0 Å². The van der Waals surface area contributed by atoms with Gasteiger partial charge in [0, 0.05) is 31.8 Å². The summed E-state index contributed by atoms with van der Waals surface area (Å²) in [5, 5.41) is 2.83. The Balaban J connectivity index is 2.41. The Bertz CT molecular complexity index is 686. The van der Waals surface area contributed by atoms with E-state index >= 15 is 0 Å². The van der Waals surface area contributed by atoms with Crippen LogP contribution in [0.2, 0.25) is 0 Å². The molecular weight excluding hydrogens is 264 g/mol. The summed E-state index contributed by atoms with van der Waals surface area (Å²) in [4.78, 5) is 7.88. The number of hydrogen-bond acceptors (Lipinski definition) is 5. The fourth-order valence-corrected chi connectivity index (χ4v) is 2.88. The van der Waals surface area contributed by atoms with E-state index in [4.69, 9.17) is 0 Å². The van der Waals surface area contributed by atoms with Crippen molar-refractivity contribution in [1.82, 2.24) is 9.97 Å². The average molecular weight is 278 g/mol. The molecule has 0 saturated heterocycles. The lowest BCUT2D eigenvalue weighted by Crippen LogP contribution is -2.15. The lowest BCUT2D eigenvalue weighted by molar-refractivity contribution is 0.601. The molecule has 0 unspecified atom stereocenters. The number of pyridine rings is 2. The van der Waals surface area contributed by atoms with Gasteiger partial charge in [0.25, 0.3) is 10.0 Å². The van der Waals surface area contributed by atoms with Crippen LogP contribution in [0, 0.1) is 6.92 Å². The molecule has 2 N–H and O–H groups in total. The molecule has 100 valence electrons. The normalized spacial score (nSPS) is 11.1. The van der Waals surface area contributed by atoms with Gasteiger partial charge in [-0.1, -0.05) is 0 Å². The molecular formula is C12H14N4O2S. The molecule has 19 heavy (non-hydrogen) atoms. The van der Waals surface area contributed by atoms with Crippen LogP contribution < -0.4 is 10.0 Å². The highest BCUT2D eigenvalue weighted by molar-refractivity contribution is 7.92. The Morgan fingerprint density at radius 3 is 2.32 bits per heavy atom. The van der Waals surface area contributed by atoms with Gasteiger partial charge in [-0.2, -0.15) is 0 Å². The Labute approximate surface area is 112 Å². The second kappa shape index (κ2) is 5.23. The standard InChI is InChI=1S/C12H14N4O2S/c1-9-7-14-5-3-10(9)16-19(17,18)12-8-15-6-4-11(12)13-2/h3-8H,1-2H3,(H,13,15)(H,14,16). The maximum atomic E-state index is 12.3. The molecule has 0 fully saturated rings. The molecule has 0 aliphatic rings. The van der Waals surface area contributed by atoms with Gasteiger partial charge in [-0.15, -0.1) is 0 Å². The lowest BCUT2D eigenvalue weighted by atomic mass is 10.3. The van der Waals surface area contributed by atoms with Crippen LogP contribution in [0.1, 0.15) is 5.56 Å². The first-order valence-electron chi connectivity index (χ1n) is 5.60. The van der Waals surface area contributed by atoms with E-state index in [9.17, 15) is 8.42 Å². The first kappa shape index (κ1) is 13.3. The highest BCUT2D eigenvalue weighted by Crippen LogP contribution is 2.23. The van der Waals surface area contributed by atoms with Gasteiger partial charge in [0.1, 0.15) is 4.90 Å². The fraction of sp³-hybridized carbons (Fsp3) is 0.167. The van der Waals surface area contributed by atoms with Gasteiger partial charge in [0.05, 0.1) is 11.4 Å². The van der Waals surface area contributed by atoms with Gasteiger partial charge in [-0.05, 0) is 24.6 Å². The first-order chi connectivity index (χ1) is 9.04.